The monoisotopic (exact) mass is 338 g/mol. The van der Waals surface area contributed by atoms with E-state index in [4.69, 9.17) is 23.8 Å². The van der Waals surface area contributed by atoms with Gasteiger partial charge in [0.2, 0.25) is 10.6 Å². The summed E-state index contributed by atoms with van der Waals surface area (Å²) in [4.78, 5) is 10.2. The number of aromatic nitrogens is 3. The number of halogens is 4. The summed E-state index contributed by atoms with van der Waals surface area (Å²) >= 11 is 10.5. The molecule has 2 rings (SSSR count). The van der Waals surface area contributed by atoms with Crippen molar-refractivity contribution in [3.63, 3.8) is 0 Å². The Morgan fingerprint density at radius 2 is 2.05 bits per heavy atom. The number of rotatable bonds is 2. The van der Waals surface area contributed by atoms with E-state index in [1.54, 1.807) is 0 Å². The van der Waals surface area contributed by atoms with Crippen LogP contribution in [0.25, 0.3) is 5.69 Å². The van der Waals surface area contributed by atoms with E-state index in [0.717, 1.165) is 16.8 Å². The maximum Gasteiger partial charge on any atom is 0.452 e. The van der Waals surface area contributed by atoms with E-state index in [9.17, 15) is 23.3 Å². The van der Waals surface area contributed by atoms with E-state index in [-0.39, 0.29) is 15.5 Å². The Kier molecular flexibility index (Phi) is 3.76. The molecule has 0 saturated heterocycles. The van der Waals surface area contributed by atoms with Crippen molar-refractivity contribution >= 4 is 29.5 Å². The molecule has 6 nitrogen and oxygen atoms in total. The molecule has 2 aromatic rings. The van der Waals surface area contributed by atoms with E-state index < -0.39 is 22.6 Å². The summed E-state index contributed by atoms with van der Waals surface area (Å²) in [6.07, 6.45) is -4.82. The van der Waals surface area contributed by atoms with Gasteiger partial charge < -0.3 is 0 Å². The number of hydrogen-bond acceptors (Lipinski definition) is 4. The van der Waals surface area contributed by atoms with E-state index in [1.165, 1.54) is 13.1 Å². The van der Waals surface area contributed by atoms with Crippen LogP contribution in [0.2, 0.25) is 5.02 Å². The highest BCUT2D eigenvalue weighted by molar-refractivity contribution is 7.71. The smallest absolute Gasteiger partial charge is 0.258 e. The highest BCUT2D eigenvalue weighted by atomic mass is 35.5. The normalized spacial score (nSPS) is 11.7. The number of aryl methyl sites for hydroxylation is 1. The number of nitro benzene ring substituents is 1. The molecule has 0 bridgehead atoms. The van der Waals surface area contributed by atoms with Crippen LogP contribution in [0, 0.1) is 14.9 Å². The molecule has 11 heteroatoms. The van der Waals surface area contributed by atoms with Crippen LogP contribution in [0.1, 0.15) is 5.82 Å². The lowest BCUT2D eigenvalue weighted by Crippen LogP contribution is -2.15. The highest BCUT2D eigenvalue weighted by Crippen LogP contribution is 2.33. The summed E-state index contributed by atoms with van der Waals surface area (Å²) in [7, 11) is 1.22. The van der Waals surface area contributed by atoms with Crippen molar-refractivity contribution in [2.75, 3.05) is 0 Å². The average Bonchev–Trinajstić information content (AvgIpc) is 2.66. The predicted molar refractivity (Wildman–Crippen MR) is 70.0 cm³/mol. The first-order valence-corrected chi connectivity index (χ1v) is 6.09. The zero-order chi connectivity index (χ0) is 15.9. The third-order valence-corrected chi connectivity index (χ3v) is 3.24. The molecule has 0 spiro atoms. The zero-order valence-electron chi connectivity index (χ0n) is 10.3. The first-order valence-electron chi connectivity index (χ1n) is 5.30. The van der Waals surface area contributed by atoms with Gasteiger partial charge in [0.05, 0.1) is 4.92 Å². The molecule has 0 saturated carbocycles. The number of nitrogens with zero attached hydrogens (tertiary/aromatic N) is 4. The van der Waals surface area contributed by atoms with Gasteiger partial charge in [0.1, 0.15) is 5.69 Å². The van der Waals surface area contributed by atoms with Crippen molar-refractivity contribution in [2.24, 2.45) is 7.05 Å². The van der Waals surface area contributed by atoms with Crippen LogP contribution < -0.4 is 0 Å². The van der Waals surface area contributed by atoms with Gasteiger partial charge in [-0.1, -0.05) is 11.6 Å². The molecule has 0 amide bonds. The average molecular weight is 339 g/mol. The van der Waals surface area contributed by atoms with Crippen molar-refractivity contribution in [2.45, 2.75) is 6.18 Å². The Morgan fingerprint density at radius 3 is 2.57 bits per heavy atom. The highest BCUT2D eigenvalue weighted by Gasteiger charge is 2.39. The van der Waals surface area contributed by atoms with E-state index in [0.29, 0.717) is 4.57 Å². The van der Waals surface area contributed by atoms with Gasteiger partial charge in [-0.25, -0.2) is 4.68 Å². The first-order chi connectivity index (χ1) is 9.62. The van der Waals surface area contributed by atoms with Gasteiger partial charge in [-0.05, 0) is 24.4 Å². The molecule has 112 valence electrons. The predicted octanol–water partition coefficient (Wildman–Crippen LogP) is 3.52. The molecule has 0 unspecified atom stereocenters. The van der Waals surface area contributed by atoms with Gasteiger partial charge in [0.15, 0.2) is 0 Å². The number of benzene rings is 1. The SMILES string of the molecule is Cn1nc(C(F)(F)F)n(-c2ccc(Cl)cc2[N+](=O)[O-])c1=S. The molecular weight excluding hydrogens is 333 g/mol. The third kappa shape index (κ3) is 2.76. The molecule has 1 aromatic carbocycles. The Hall–Kier alpha value is -1.94. The summed E-state index contributed by atoms with van der Waals surface area (Å²) in [5, 5.41) is 14.3. The van der Waals surface area contributed by atoms with E-state index in [2.05, 4.69) is 5.10 Å². The van der Waals surface area contributed by atoms with Crippen molar-refractivity contribution in [1.29, 1.82) is 0 Å². The molecule has 0 atom stereocenters. The van der Waals surface area contributed by atoms with Crippen LogP contribution in [0.4, 0.5) is 18.9 Å². The van der Waals surface area contributed by atoms with Gasteiger partial charge in [0.25, 0.3) is 5.69 Å². The van der Waals surface area contributed by atoms with Gasteiger partial charge in [-0.2, -0.15) is 13.2 Å². The lowest BCUT2D eigenvalue weighted by atomic mass is 10.2. The molecule has 1 aromatic heterocycles. The number of hydrogen-bond donors (Lipinski definition) is 0. The fourth-order valence-electron chi connectivity index (χ4n) is 1.70. The summed E-state index contributed by atoms with van der Waals surface area (Å²) in [6, 6.07) is 3.28. The lowest BCUT2D eigenvalue weighted by Gasteiger charge is -2.09. The Bertz CT molecular complexity index is 784. The summed E-state index contributed by atoms with van der Waals surface area (Å²) in [6.45, 7) is 0. The zero-order valence-corrected chi connectivity index (χ0v) is 11.8. The minimum absolute atomic E-state index is 0.0226. The summed E-state index contributed by atoms with van der Waals surface area (Å²) in [5.74, 6) is -1.35. The molecular formula is C10H6ClF3N4O2S. The van der Waals surface area contributed by atoms with Gasteiger partial charge in [-0.15, -0.1) is 5.10 Å². The second kappa shape index (κ2) is 5.11. The van der Waals surface area contributed by atoms with Crippen molar-refractivity contribution in [3.8, 4) is 5.69 Å². The van der Waals surface area contributed by atoms with E-state index >= 15 is 0 Å². The van der Waals surface area contributed by atoms with Crippen molar-refractivity contribution < 1.29 is 18.1 Å². The Balaban J connectivity index is 2.86. The van der Waals surface area contributed by atoms with E-state index in [1.807, 2.05) is 0 Å². The van der Waals surface area contributed by atoms with Crippen LogP contribution in [-0.4, -0.2) is 19.3 Å². The molecule has 0 aliphatic carbocycles. The first kappa shape index (κ1) is 15.4. The van der Waals surface area contributed by atoms with Crippen molar-refractivity contribution in [1.82, 2.24) is 14.3 Å². The molecule has 0 fully saturated rings. The fraction of sp³-hybridized carbons (Fsp3) is 0.200. The van der Waals surface area contributed by atoms with Gasteiger partial charge in [-0.3, -0.25) is 14.7 Å². The van der Waals surface area contributed by atoms with Crippen LogP contribution in [0.3, 0.4) is 0 Å². The topological polar surface area (TPSA) is 65.9 Å². The maximum absolute atomic E-state index is 13.0. The van der Waals surface area contributed by atoms with Crippen LogP contribution >= 0.6 is 23.8 Å². The Morgan fingerprint density at radius 1 is 1.43 bits per heavy atom. The fourth-order valence-corrected chi connectivity index (χ4v) is 2.09. The molecule has 0 radical (unpaired) electrons. The maximum atomic E-state index is 13.0. The molecule has 0 aliphatic heterocycles. The lowest BCUT2D eigenvalue weighted by molar-refractivity contribution is -0.384. The third-order valence-electron chi connectivity index (χ3n) is 2.55. The van der Waals surface area contributed by atoms with Gasteiger partial charge in [0, 0.05) is 18.1 Å². The molecule has 21 heavy (non-hydrogen) atoms. The number of alkyl halides is 3. The quantitative estimate of drug-likeness (QED) is 0.477. The van der Waals surface area contributed by atoms with Crippen LogP contribution in [-0.2, 0) is 13.2 Å². The van der Waals surface area contributed by atoms with Crippen LogP contribution in [0.15, 0.2) is 18.2 Å². The molecule has 0 N–H and O–H groups in total. The van der Waals surface area contributed by atoms with Crippen molar-refractivity contribution in [3.05, 3.63) is 43.9 Å². The minimum atomic E-state index is -4.82. The Labute approximate surface area is 125 Å². The minimum Gasteiger partial charge on any atom is -0.258 e. The molecule has 0 aliphatic rings. The van der Waals surface area contributed by atoms with Gasteiger partial charge >= 0.3 is 6.18 Å². The molecule has 1 heterocycles. The van der Waals surface area contributed by atoms with Crippen LogP contribution in [0.5, 0.6) is 0 Å². The second-order valence-corrected chi connectivity index (χ2v) is 4.75. The summed E-state index contributed by atoms with van der Waals surface area (Å²) in [5.41, 5.74) is -0.952. The second-order valence-electron chi connectivity index (χ2n) is 3.95. The standard InChI is InChI=1S/C10H6ClF3N4O2S/c1-16-9(21)17(8(15-16)10(12,13)14)6-3-2-5(11)4-7(6)18(19)20/h2-4H,1H3. The summed E-state index contributed by atoms with van der Waals surface area (Å²) < 4.78 is 40.0. The largest absolute Gasteiger partial charge is 0.452 e. The number of nitro groups is 1.